The number of amides is 3. The van der Waals surface area contributed by atoms with Crippen molar-refractivity contribution in [2.75, 3.05) is 26.8 Å². The van der Waals surface area contributed by atoms with Crippen molar-refractivity contribution in [2.24, 2.45) is 0 Å². The first-order chi connectivity index (χ1) is 13.3. The average molecular weight is 398 g/mol. The van der Waals surface area contributed by atoms with Gasteiger partial charge in [0.15, 0.2) is 0 Å². The molecule has 0 saturated carbocycles. The third-order valence-electron chi connectivity index (χ3n) is 4.75. The first-order valence-corrected chi connectivity index (χ1v) is 9.61. The van der Waals surface area contributed by atoms with Crippen molar-refractivity contribution in [2.45, 2.75) is 63.6 Å². The molecule has 0 aromatic heterocycles. The zero-order valence-corrected chi connectivity index (χ0v) is 16.6. The highest BCUT2D eigenvalue weighted by molar-refractivity contribution is 6.13. The van der Waals surface area contributed by atoms with Crippen molar-refractivity contribution in [3.05, 3.63) is 12.2 Å². The summed E-state index contributed by atoms with van der Waals surface area (Å²) in [6.07, 6.45) is 1.86. The summed E-state index contributed by atoms with van der Waals surface area (Å²) in [6, 6.07) is 0. The van der Waals surface area contributed by atoms with Crippen LogP contribution in [0.3, 0.4) is 0 Å². The van der Waals surface area contributed by atoms with E-state index in [2.05, 4.69) is 5.32 Å². The minimum atomic E-state index is -0.757. The Labute approximate surface area is 165 Å². The van der Waals surface area contributed by atoms with Gasteiger partial charge in [-0.25, -0.2) is 0 Å². The Kier molecular flexibility index (Phi) is 8.56. The standard InChI is InChI=1S/C19H30N2O7/c1-12(2)27-11-14-18(25)19(26-3)13(28-14)5-4-9-20-15(22)8-10-21-16(23)6-7-17(21)24/h6-7,12-14,18-19,25H,4-5,8-11H2,1-3H3,(H,20,22)/t13-,14+,18?,19+/m0/s1. The molecule has 2 rings (SSSR count). The molecular weight excluding hydrogens is 368 g/mol. The number of ether oxygens (including phenoxy) is 3. The van der Waals surface area contributed by atoms with Crippen LogP contribution in [0.15, 0.2) is 12.2 Å². The van der Waals surface area contributed by atoms with Gasteiger partial charge in [0.1, 0.15) is 18.3 Å². The van der Waals surface area contributed by atoms with Crippen molar-refractivity contribution < 1.29 is 33.7 Å². The number of carbonyl (C=O) groups is 3. The molecule has 0 bridgehead atoms. The van der Waals surface area contributed by atoms with Crippen molar-refractivity contribution in [1.29, 1.82) is 0 Å². The summed E-state index contributed by atoms with van der Waals surface area (Å²) in [5.74, 6) is -1.01. The number of aliphatic hydroxyl groups is 1. The lowest BCUT2D eigenvalue weighted by atomic mass is 10.0. The van der Waals surface area contributed by atoms with E-state index < -0.39 is 30.1 Å². The number of imide groups is 1. The molecule has 2 heterocycles. The van der Waals surface area contributed by atoms with Gasteiger partial charge in [0, 0.05) is 38.8 Å². The van der Waals surface area contributed by atoms with E-state index in [0.717, 1.165) is 4.90 Å². The van der Waals surface area contributed by atoms with Crippen LogP contribution in [0.1, 0.15) is 33.1 Å². The fraction of sp³-hybridized carbons (Fsp3) is 0.737. The van der Waals surface area contributed by atoms with Gasteiger partial charge in [0.2, 0.25) is 5.91 Å². The summed E-state index contributed by atoms with van der Waals surface area (Å²) in [6.45, 7) is 4.63. The second-order valence-corrected chi connectivity index (χ2v) is 7.19. The van der Waals surface area contributed by atoms with E-state index in [4.69, 9.17) is 14.2 Å². The number of carbonyl (C=O) groups excluding carboxylic acids is 3. The van der Waals surface area contributed by atoms with Crippen molar-refractivity contribution in [1.82, 2.24) is 10.2 Å². The van der Waals surface area contributed by atoms with Crippen molar-refractivity contribution in [3.63, 3.8) is 0 Å². The maximum Gasteiger partial charge on any atom is 0.253 e. The van der Waals surface area contributed by atoms with Crippen LogP contribution >= 0.6 is 0 Å². The summed E-state index contributed by atoms with van der Waals surface area (Å²) in [5.41, 5.74) is 0. The summed E-state index contributed by atoms with van der Waals surface area (Å²) >= 11 is 0. The number of rotatable bonds is 11. The molecule has 9 heteroatoms. The lowest BCUT2D eigenvalue weighted by Gasteiger charge is -2.18. The predicted octanol–water partition coefficient (Wildman–Crippen LogP) is -0.234. The summed E-state index contributed by atoms with van der Waals surface area (Å²) in [4.78, 5) is 35.8. The molecule has 158 valence electrons. The Morgan fingerprint density at radius 2 is 1.96 bits per heavy atom. The van der Waals surface area contributed by atoms with Crippen molar-refractivity contribution >= 4 is 17.7 Å². The molecule has 1 fully saturated rings. The molecule has 2 N–H and O–H groups in total. The van der Waals surface area contributed by atoms with Gasteiger partial charge in [0.25, 0.3) is 11.8 Å². The third kappa shape index (κ3) is 6.10. The molecule has 2 aliphatic rings. The molecule has 1 unspecified atom stereocenters. The molecule has 2 aliphatic heterocycles. The van der Waals surface area contributed by atoms with Gasteiger partial charge in [-0.2, -0.15) is 0 Å². The lowest BCUT2D eigenvalue weighted by Crippen LogP contribution is -2.36. The van der Waals surface area contributed by atoms with Crippen LogP contribution in [-0.2, 0) is 28.6 Å². The molecule has 0 aliphatic carbocycles. The SMILES string of the molecule is CO[C@H]1C(O)[C@@H](COC(C)C)O[C@H]1CCCNC(=O)CCN1C(=O)C=CC1=O. The molecule has 0 aromatic rings. The largest absolute Gasteiger partial charge is 0.387 e. The van der Waals surface area contributed by atoms with Gasteiger partial charge in [-0.15, -0.1) is 0 Å². The Morgan fingerprint density at radius 3 is 2.57 bits per heavy atom. The van der Waals surface area contributed by atoms with Gasteiger partial charge in [0.05, 0.1) is 18.8 Å². The van der Waals surface area contributed by atoms with E-state index in [1.165, 1.54) is 19.3 Å². The number of nitrogens with zero attached hydrogens (tertiary/aromatic N) is 1. The van der Waals surface area contributed by atoms with Crippen LogP contribution in [0.4, 0.5) is 0 Å². The van der Waals surface area contributed by atoms with E-state index in [-0.39, 0.29) is 31.1 Å². The number of nitrogens with one attached hydrogen (secondary N) is 1. The smallest absolute Gasteiger partial charge is 0.253 e. The predicted molar refractivity (Wildman–Crippen MR) is 99.3 cm³/mol. The van der Waals surface area contributed by atoms with Gasteiger partial charge < -0.3 is 24.6 Å². The molecule has 0 radical (unpaired) electrons. The number of methoxy groups -OCH3 is 1. The van der Waals surface area contributed by atoms with Crippen LogP contribution < -0.4 is 5.32 Å². The van der Waals surface area contributed by atoms with E-state index in [9.17, 15) is 19.5 Å². The number of hydrogen-bond donors (Lipinski definition) is 2. The quantitative estimate of drug-likeness (QED) is 0.365. The molecule has 1 saturated heterocycles. The van der Waals surface area contributed by atoms with Crippen LogP contribution in [-0.4, -0.2) is 85.1 Å². The first-order valence-electron chi connectivity index (χ1n) is 9.61. The number of hydrogen-bond acceptors (Lipinski definition) is 7. The highest BCUT2D eigenvalue weighted by Crippen LogP contribution is 2.27. The zero-order valence-electron chi connectivity index (χ0n) is 16.6. The van der Waals surface area contributed by atoms with Gasteiger partial charge >= 0.3 is 0 Å². The van der Waals surface area contributed by atoms with Crippen molar-refractivity contribution in [3.8, 4) is 0 Å². The normalized spacial score (nSPS) is 27.2. The minimum absolute atomic E-state index is 0.0491. The molecule has 3 amide bonds. The maximum absolute atomic E-state index is 11.9. The molecule has 4 atom stereocenters. The maximum atomic E-state index is 11.9. The second kappa shape index (κ2) is 10.7. The topological polar surface area (TPSA) is 114 Å². The monoisotopic (exact) mass is 398 g/mol. The Morgan fingerprint density at radius 1 is 1.29 bits per heavy atom. The minimum Gasteiger partial charge on any atom is -0.387 e. The highest BCUT2D eigenvalue weighted by atomic mass is 16.6. The third-order valence-corrected chi connectivity index (χ3v) is 4.75. The molecule has 0 spiro atoms. The summed E-state index contributed by atoms with van der Waals surface area (Å²) in [7, 11) is 1.54. The number of aliphatic hydroxyl groups excluding tert-OH is 1. The summed E-state index contributed by atoms with van der Waals surface area (Å²) < 4.78 is 16.8. The Bertz CT molecular complexity index is 575. The van der Waals surface area contributed by atoms with Gasteiger partial charge in [-0.3, -0.25) is 19.3 Å². The average Bonchev–Trinajstić information content (AvgIpc) is 3.13. The van der Waals surface area contributed by atoms with E-state index in [1.54, 1.807) is 0 Å². The van der Waals surface area contributed by atoms with Gasteiger partial charge in [-0.05, 0) is 26.7 Å². The van der Waals surface area contributed by atoms with Crippen LogP contribution in [0.2, 0.25) is 0 Å². The van der Waals surface area contributed by atoms with Crippen LogP contribution in [0, 0.1) is 0 Å². The highest BCUT2D eigenvalue weighted by Gasteiger charge is 2.43. The van der Waals surface area contributed by atoms with Crippen LogP contribution in [0.5, 0.6) is 0 Å². The molecule has 28 heavy (non-hydrogen) atoms. The van der Waals surface area contributed by atoms with Gasteiger partial charge in [-0.1, -0.05) is 0 Å². The first kappa shape index (κ1) is 22.5. The fourth-order valence-electron chi connectivity index (χ4n) is 3.25. The lowest BCUT2D eigenvalue weighted by molar-refractivity contribution is -0.137. The fourth-order valence-corrected chi connectivity index (χ4v) is 3.25. The Hall–Kier alpha value is -1.81. The molecule has 9 nitrogen and oxygen atoms in total. The second-order valence-electron chi connectivity index (χ2n) is 7.19. The molecular formula is C19H30N2O7. The Balaban J connectivity index is 1.65. The van der Waals surface area contributed by atoms with E-state index in [0.29, 0.717) is 26.0 Å². The zero-order chi connectivity index (χ0) is 20.7. The van der Waals surface area contributed by atoms with E-state index in [1.807, 2.05) is 13.8 Å². The molecule has 0 aromatic carbocycles. The summed E-state index contributed by atoms with van der Waals surface area (Å²) in [5, 5.41) is 13.1. The van der Waals surface area contributed by atoms with E-state index >= 15 is 0 Å². The van der Waals surface area contributed by atoms with Crippen LogP contribution in [0.25, 0.3) is 0 Å².